The fourth-order valence-electron chi connectivity index (χ4n) is 1.84. The Labute approximate surface area is 136 Å². The Hall–Kier alpha value is -3.49. The molecule has 0 atom stereocenters. The molecule has 2 aromatic rings. The average Bonchev–Trinajstić information content (AvgIpc) is 2.60. The van der Waals surface area contributed by atoms with Gasteiger partial charge in [-0.2, -0.15) is 0 Å². The van der Waals surface area contributed by atoms with Crippen LogP contribution in [0.25, 0.3) is 0 Å². The Balaban J connectivity index is 2.08. The maximum atomic E-state index is 12.0. The summed E-state index contributed by atoms with van der Waals surface area (Å²) in [5.74, 6) is -1.16. The predicted molar refractivity (Wildman–Crippen MR) is 83.4 cm³/mol. The number of ether oxygens (including phenoxy) is 1. The van der Waals surface area contributed by atoms with Gasteiger partial charge in [-0.3, -0.25) is 35.5 Å². The molecule has 124 valence electrons. The first-order chi connectivity index (χ1) is 11.5. The van der Waals surface area contributed by atoms with Crippen molar-refractivity contribution in [3.8, 4) is 5.75 Å². The summed E-state index contributed by atoms with van der Waals surface area (Å²) in [7, 11) is 0. The van der Waals surface area contributed by atoms with Crippen LogP contribution in [0.15, 0.2) is 42.7 Å². The molecule has 0 saturated carbocycles. The standard InChI is InChI=1S/C15H14N4O5/c1-2-24-13-4-3-11(9-12(13)19(22)23)15(21)18-17-14(20)10-5-7-16-8-6-10/h3-9H,2H2,1H3,(H,17,20)(H,18,21). The molecule has 0 aliphatic rings. The van der Waals surface area contributed by atoms with Gasteiger partial charge in [-0.25, -0.2) is 0 Å². The minimum Gasteiger partial charge on any atom is -0.487 e. The number of hydrogen-bond acceptors (Lipinski definition) is 6. The van der Waals surface area contributed by atoms with E-state index in [1.54, 1.807) is 6.92 Å². The van der Waals surface area contributed by atoms with E-state index in [9.17, 15) is 19.7 Å². The first kappa shape index (κ1) is 16.9. The molecule has 0 aliphatic carbocycles. The Morgan fingerprint density at radius 1 is 1.12 bits per heavy atom. The van der Waals surface area contributed by atoms with Gasteiger partial charge < -0.3 is 4.74 Å². The number of rotatable bonds is 5. The lowest BCUT2D eigenvalue weighted by molar-refractivity contribution is -0.385. The summed E-state index contributed by atoms with van der Waals surface area (Å²) in [4.78, 5) is 38.0. The number of carbonyl (C=O) groups is 2. The van der Waals surface area contributed by atoms with E-state index in [1.165, 1.54) is 36.7 Å². The van der Waals surface area contributed by atoms with Crippen molar-refractivity contribution in [1.29, 1.82) is 0 Å². The van der Waals surface area contributed by atoms with Crippen molar-refractivity contribution in [2.75, 3.05) is 6.61 Å². The highest BCUT2D eigenvalue weighted by molar-refractivity contribution is 5.99. The minimum absolute atomic E-state index is 0.0141. The number of amides is 2. The van der Waals surface area contributed by atoms with E-state index in [1.807, 2.05) is 0 Å². The summed E-state index contributed by atoms with van der Waals surface area (Å²) < 4.78 is 5.14. The van der Waals surface area contributed by atoms with Gasteiger partial charge in [0.1, 0.15) is 0 Å². The molecule has 1 aromatic carbocycles. The first-order valence-electron chi connectivity index (χ1n) is 6.95. The smallest absolute Gasteiger partial charge is 0.311 e. The molecule has 0 bridgehead atoms. The lowest BCUT2D eigenvalue weighted by Gasteiger charge is -2.09. The molecule has 2 rings (SSSR count). The molecular formula is C15H14N4O5. The Bertz CT molecular complexity index is 764. The van der Waals surface area contributed by atoms with E-state index in [-0.39, 0.29) is 23.6 Å². The van der Waals surface area contributed by atoms with Crippen molar-refractivity contribution >= 4 is 17.5 Å². The van der Waals surface area contributed by atoms with E-state index in [4.69, 9.17) is 4.74 Å². The van der Waals surface area contributed by atoms with Crippen molar-refractivity contribution in [2.45, 2.75) is 6.92 Å². The molecule has 0 fully saturated rings. The number of pyridine rings is 1. The van der Waals surface area contributed by atoms with Crippen molar-refractivity contribution < 1.29 is 19.2 Å². The second kappa shape index (κ2) is 7.68. The van der Waals surface area contributed by atoms with Crippen LogP contribution in [0, 0.1) is 10.1 Å². The third-order valence-electron chi connectivity index (χ3n) is 2.95. The molecule has 24 heavy (non-hydrogen) atoms. The molecule has 9 heteroatoms. The Morgan fingerprint density at radius 3 is 2.33 bits per heavy atom. The van der Waals surface area contributed by atoms with E-state index in [0.717, 1.165) is 6.07 Å². The second-order valence-corrected chi connectivity index (χ2v) is 4.52. The van der Waals surface area contributed by atoms with Crippen LogP contribution < -0.4 is 15.6 Å². The van der Waals surface area contributed by atoms with Crippen LogP contribution in [0.2, 0.25) is 0 Å². The zero-order chi connectivity index (χ0) is 17.5. The van der Waals surface area contributed by atoms with Gasteiger partial charge in [0.15, 0.2) is 5.75 Å². The summed E-state index contributed by atoms with van der Waals surface area (Å²) in [5.41, 5.74) is 4.40. The predicted octanol–water partition coefficient (Wildman–Crippen LogP) is 1.46. The average molecular weight is 330 g/mol. The molecule has 0 saturated heterocycles. The summed E-state index contributed by atoms with van der Waals surface area (Å²) in [5, 5.41) is 11.0. The highest BCUT2D eigenvalue weighted by Gasteiger charge is 2.19. The Morgan fingerprint density at radius 2 is 1.75 bits per heavy atom. The molecule has 0 radical (unpaired) electrons. The van der Waals surface area contributed by atoms with Crippen LogP contribution in [-0.2, 0) is 0 Å². The monoisotopic (exact) mass is 330 g/mol. The summed E-state index contributed by atoms with van der Waals surface area (Å²) >= 11 is 0. The van der Waals surface area contributed by atoms with Gasteiger partial charge in [-0.15, -0.1) is 0 Å². The van der Waals surface area contributed by atoms with Crippen LogP contribution in [0.4, 0.5) is 5.69 Å². The SMILES string of the molecule is CCOc1ccc(C(=O)NNC(=O)c2ccncc2)cc1[N+](=O)[O-]. The van der Waals surface area contributed by atoms with Gasteiger partial charge in [-0.05, 0) is 31.2 Å². The molecule has 1 heterocycles. The number of hydrogen-bond donors (Lipinski definition) is 2. The molecule has 1 aromatic heterocycles. The second-order valence-electron chi connectivity index (χ2n) is 4.52. The van der Waals surface area contributed by atoms with Crippen LogP contribution in [0.1, 0.15) is 27.6 Å². The summed E-state index contributed by atoms with van der Waals surface area (Å²) in [6.45, 7) is 1.95. The molecule has 2 amide bonds. The van der Waals surface area contributed by atoms with Gasteiger partial charge in [0.2, 0.25) is 0 Å². The number of carbonyl (C=O) groups excluding carboxylic acids is 2. The van der Waals surface area contributed by atoms with Crippen LogP contribution in [-0.4, -0.2) is 28.3 Å². The van der Waals surface area contributed by atoms with Crippen LogP contribution in [0.5, 0.6) is 5.75 Å². The van der Waals surface area contributed by atoms with Crippen molar-refractivity contribution in [1.82, 2.24) is 15.8 Å². The van der Waals surface area contributed by atoms with Gasteiger partial charge in [0, 0.05) is 29.6 Å². The quantitative estimate of drug-likeness (QED) is 0.632. The van der Waals surface area contributed by atoms with Gasteiger partial charge in [0.05, 0.1) is 11.5 Å². The number of hydrazine groups is 1. The highest BCUT2D eigenvalue weighted by atomic mass is 16.6. The van der Waals surface area contributed by atoms with Crippen LogP contribution >= 0.6 is 0 Å². The normalized spacial score (nSPS) is 9.88. The number of aromatic nitrogens is 1. The third kappa shape index (κ3) is 4.03. The van der Waals surface area contributed by atoms with Crippen molar-refractivity contribution in [3.63, 3.8) is 0 Å². The van der Waals surface area contributed by atoms with Gasteiger partial charge >= 0.3 is 5.69 Å². The largest absolute Gasteiger partial charge is 0.487 e. The number of benzene rings is 1. The maximum Gasteiger partial charge on any atom is 0.311 e. The number of nitrogens with zero attached hydrogens (tertiary/aromatic N) is 2. The summed E-state index contributed by atoms with van der Waals surface area (Å²) in [6.07, 6.45) is 2.87. The molecule has 0 spiro atoms. The minimum atomic E-state index is -0.691. The molecule has 0 unspecified atom stereocenters. The summed E-state index contributed by atoms with van der Waals surface area (Å²) in [6, 6.07) is 6.73. The molecule has 2 N–H and O–H groups in total. The van der Waals surface area contributed by atoms with Crippen molar-refractivity contribution in [3.05, 3.63) is 64.0 Å². The maximum absolute atomic E-state index is 12.0. The number of nitrogens with one attached hydrogen (secondary N) is 2. The fraction of sp³-hybridized carbons (Fsp3) is 0.133. The van der Waals surface area contributed by atoms with E-state index in [0.29, 0.717) is 5.56 Å². The van der Waals surface area contributed by atoms with Gasteiger partial charge in [-0.1, -0.05) is 0 Å². The zero-order valence-corrected chi connectivity index (χ0v) is 12.7. The number of nitro groups is 1. The molecule has 0 aliphatic heterocycles. The van der Waals surface area contributed by atoms with Crippen molar-refractivity contribution in [2.24, 2.45) is 0 Å². The lowest BCUT2D eigenvalue weighted by Crippen LogP contribution is -2.41. The zero-order valence-electron chi connectivity index (χ0n) is 12.7. The molecule has 9 nitrogen and oxygen atoms in total. The first-order valence-corrected chi connectivity index (χ1v) is 6.95. The lowest BCUT2D eigenvalue weighted by atomic mass is 10.2. The Kier molecular flexibility index (Phi) is 5.40. The number of nitro benzene ring substituents is 1. The topological polar surface area (TPSA) is 123 Å². The highest BCUT2D eigenvalue weighted by Crippen LogP contribution is 2.27. The fourth-order valence-corrected chi connectivity index (χ4v) is 1.84. The van der Waals surface area contributed by atoms with E-state index < -0.39 is 16.7 Å². The van der Waals surface area contributed by atoms with Crippen LogP contribution in [0.3, 0.4) is 0 Å². The van der Waals surface area contributed by atoms with Gasteiger partial charge in [0.25, 0.3) is 11.8 Å². The third-order valence-corrected chi connectivity index (χ3v) is 2.95. The van der Waals surface area contributed by atoms with E-state index >= 15 is 0 Å². The molecular weight excluding hydrogens is 316 g/mol. The van der Waals surface area contributed by atoms with E-state index in [2.05, 4.69) is 15.8 Å².